The van der Waals surface area contributed by atoms with E-state index in [-0.39, 0.29) is 5.97 Å². The minimum atomic E-state index is -0.504. The number of anilines is 1. The lowest BCUT2D eigenvalue weighted by molar-refractivity contribution is -0.141. The fraction of sp³-hybridized carbons (Fsp3) is 0.154. The Bertz CT molecular complexity index is 586. The van der Waals surface area contributed by atoms with Gasteiger partial charge in [-0.3, -0.25) is 0 Å². The van der Waals surface area contributed by atoms with Gasteiger partial charge in [0.15, 0.2) is 6.04 Å². The topological polar surface area (TPSA) is 38.3 Å². The highest BCUT2D eigenvalue weighted by atomic mass is 79.9. The standard InChI is InChI=1S/C13H11Br2NO2S/c1-18-13(17)12(11-6-9(15)7-19-11)16-10-4-2-3-8(14)5-10/h2-7,12,16H,1H3. The highest BCUT2D eigenvalue weighted by molar-refractivity contribution is 9.10. The van der Waals surface area contributed by atoms with Gasteiger partial charge < -0.3 is 10.1 Å². The Balaban J connectivity index is 2.26. The van der Waals surface area contributed by atoms with Gasteiger partial charge in [-0.2, -0.15) is 0 Å². The van der Waals surface area contributed by atoms with Gasteiger partial charge in [0.05, 0.1) is 7.11 Å². The molecule has 19 heavy (non-hydrogen) atoms. The van der Waals surface area contributed by atoms with Crippen molar-refractivity contribution in [3.05, 3.63) is 49.5 Å². The number of hydrogen-bond donors (Lipinski definition) is 1. The van der Waals surface area contributed by atoms with Crippen LogP contribution in [0.2, 0.25) is 0 Å². The van der Waals surface area contributed by atoms with Crippen LogP contribution in [-0.4, -0.2) is 13.1 Å². The molecule has 6 heteroatoms. The summed E-state index contributed by atoms with van der Waals surface area (Å²) in [4.78, 5) is 12.8. The number of benzene rings is 1. The Morgan fingerprint density at radius 1 is 1.32 bits per heavy atom. The number of halogens is 2. The summed E-state index contributed by atoms with van der Waals surface area (Å²) in [7, 11) is 1.39. The lowest BCUT2D eigenvalue weighted by Crippen LogP contribution is -2.21. The van der Waals surface area contributed by atoms with Crippen molar-refractivity contribution in [2.24, 2.45) is 0 Å². The van der Waals surface area contributed by atoms with Crippen LogP contribution in [-0.2, 0) is 9.53 Å². The van der Waals surface area contributed by atoms with Crippen LogP contribution < -0.4 is 5.32 Å². The Hall–Kier alpha value is -0.850. The van der Waals surface area contributed by atoms with Crippen molar-refractivity contribution in [2.75, 3.05) is 12.4 Å². The van der Waals surface area contributed by atoms with Gasteiger partial charge in [-0.1, -0.05) is 22.0 Å². The second kappa shape index (κ2) is 6.54. The molecule has 1 unspecified atom stereocenters. The van der Waals surface area contributed by atoms with Gasteiger partial charge in [0.1, 0.15) is 0 Å². The van der Waals surface area contributed by atoms with Gasteiger partial charge in [-0.05, 0) is 40.2 Å². The van der Waals surface area contributed by atoms with Crippen LogP contribution in [0, 0.1) is 0 Å². The SMILES string of the molecule is COC(=O)C(Nc1cccc(Br)c1)c1cc(Br)cs1. The fourth-order valence-corrected chi connectivity index (χ4v) is 3.47. The van der Waals surface area contributed by atoms with Crippen molar-refractivity contribution < 1.29 is 9.53 Å². The van der Waals surface area contributed by atoms with Gasteiger partial charge in [0.25, 0.3) is 0 Å². The van der Waals surface area contributed by atoms with Crippen LogP contribution >= 0.6 is 43.2 Å². The molecule has 100 valence electrons. The number of rotatable bonds is 4. The van der Waals surface area contributed by atoms with Crippen molar-refractivity contribution in [3.63, 3.8) is 0 Å². The van der Waals surface area contributed by atoms with E-state index in [0.717, 1.165) is 19.5 Å². The largest absolute Gasteiger partial charge is 0.467 e. The monoisotopic (exact) mass is 403 g/mol. The smallest absolute Gasteiger partial charge is 0.333 e. The second-order valence-electron chi connectivity index (χ2n) is 3.78. The van der Waals surface area contributed by atoms with E-state index in [4.69, 9.17) is 4.74 Å². The van der Waals surface area contributed by atoms with Crippen molar-refractivity contribution in [1.82, 2.24) is 0 Å². The van der Waals surface area contributed by atoms with Gasteiger partial charge in [-0.15, -0.1) is 11.3 Å². The van der Waals surface area contributed by atoms with Crippen molar-refractivity contribution in [3.8, 4) is 0 Å². The molecule has 0 aliphatic rings. The fourth-order valence-electron chi connectivity index (χ4n) is 1.59. The maximum Gasteiger partial charge on any atom is 0.333 e. The third-order valence-corrected chi connectivity index (χ3v) is 4.70. The van der Waals surface area contributed by atoms with Crippen LogP contribution in [0.3, 0.4) is 0 Å². The lowest BCUT2D eigenvalue weighted by Gasteiger charge is -2.16. The van der Waals surface area contributed by atoms with E-state index in [9.17, 15) is 4.79 Å². The lowest BCUT2D eigenvalue weighted by atomic mass is 10.2. The molecule has 2 rings (SSSR count). The summed E-state index contributed by atoms with van der Waals surface area (Å²) < 4.78 is 6.76. The zero-order chi connectivity index (χ0) is 13.8. The molecule has 0 amide bonds. The molecule has 0 aliphatic carbocycles. The zero-order valence-electron chi connectivity index (χ0n) is 10.0. The number of thiophene rings is 1. The molecule has 0 spiro atoms. The van der Waals surface area contributed by atoms with Crippen molar-refractivity contribution in [1.29, 1.82) is 0 Å². The number of esters is 1. The van der Waals surface area contributed by atoms with E-state index >= 15 is 0 Å². The van der Waals surface area contributed by atoms with E-state index < -0.39 is 6.04 Å². The Morgan fingerprint density at radius 3 is 2.68 bits per heavy atom. The van der Waals surface area contributed by atoms with E-state index in [1.54, 1.807) is 0 Å². The first-order chi connectivity index (χ1) is 9.10. The Morgan fingerprint density at radius 2 is 2.11 bits per heavy atom. The molecule has 1 aromatic heterocycles. The number of methoxy groups -OCH3 is 1. The van der Waals surface area contributed by atoms with Gasteiger partial charge in [0, 0.05) is 24.9 Å². The number of carbonyl (C=O) groups is 1. The van der Waals surface area contributed by atoms with Crippen LogP contribution in [0.25, 0.3) is 0 Å². The summed E-state index contributed by atoms with van der Waals surface area (Å²) >= 11 is 8.30. The highest BCUT2D eigenvalue weighted by Gasteiger charge is 2.23. The molecule has 3 nitrogen and oxygen atoms in total. The van der Waals surface area contributed by atoms with Gasteiger partial charge in [0.2, 0.25) is 0 Å². The summed E-state index contributed by atoms with van der Waals surface area (Å²) in [5, 5.41) is 5.12. The molecule has 0 fully saturated rings. The molecule has 1 aromatic carbocycles. The average Bonchev–Trinajstić information content (AvgIpc) is 2.81. The summed E-state index contributed by atoms with van der Waals surface area (Å²) in [6.45, 7) is 0. The minimum absolute atomic E-state index is 0.311. The number of hydrogen-bond acceptors (Lipinski definition) is 4. The highest BCUT2D eigenvalue weighted by Crippen LogP contribution is 2.29. The third kappa shape index (κ3) is 3.81. The maximum atomic E-state index is 11.9. The van der Waals surface area contributed by atoms with Crippen LogP contribution in [0.15, 0.2) is 44.7 Å². The summed E-state index contributed by atoms with van der Waals surface area (Å²) in [5.41, 5.74) is 0.856. The summed E-state index contributed by atoms with van der Waals surface area (Å²) in [6.07, 6.45) is 0. The van der Waals surface area contributed by atoms with Crippen LogP contribution in [0.1, 0.15) is 10.9 Å². The first-order valence-corrected chi connectivity index (χ1v) is 7.90. The maximum absolute atomic E-state index is 11.9. The molecule has 2 aromatic rings. The first-order valence-electron chi connectivity index (χ1n) is 5.44. The molecule has 0 saturated heterocycles. The van der Waals surface area contributed by atoms with E-state index in [1.165, 1.54) is 18.4 Å². The Labute approximate surface area is 132 Å². The molecule has 1 heterocycles. The molecule has 0 bridgehead atoms. The number of nitrogens with one attached hydrogen (secondary N) is 1. The minimum Gasteiger partial charge on any atom is -0.467 e. The number of ether oxygens (including phenoxy) is 1. The molecule has 1 atom stereocenters. The number of carbonyl (C=O) groups excluding carboxylic acids is 1. The van der Waals surface area contributed by atoms with Crippen molar-refractivity contribution >= 4 is 54.9 Å². The van der Waals surface area contributed by atoms with Gasteiger partial charge in [-0.25, -0.2) is 4.79 Å². The van der Waals surface area contributed by atoms with Crippen molar-refractivity contribution in [2.45, 2.75) is 6.04 Å². The molecular weight excluding hydrogens is 394 g/mol. The van der Waals surface area contributed by atoms with Crippen LogP contribution in [0.5, 0.6) is 0 Å². The predicted octanol–water partition coefficient (Wildman–Crippen LogP) is 4.60. The molecule has 0 radical (unpaired) electrons. The molecule has 1 N–H and O–H groups in total. The molecular formula is C13H11Br2NO2S. The third-order valence-electron chi connectivity index (χ3n) is 2.44. The van der Waals surface area contributed by atoms with Gasteiger partial charge >= 0.3 is 5.97 Å². The Kier molecular flexibility index (Phi) is 5.01. The van der Waals surface area contributed by atoms with E-state index in [1.807, 2.05) is 35.7 Å². The van der Waals surface area contributed by atoms with Crippen LogP contribution in [0.4, 0.5) is 5.69 Å². The van der Waals surface area contributed by atoms with E-state index in [2.05, 4.69) is 37.2 Å². The molecule has 0 saturated carbocycles. The summed E-state index contributed by atoms with van der Waals surface area (Å²) in [6, 6.07) is 9.07. The first kappa shape index (κ1) is 14.6. The van der Waals surface area contributed by atoms with E-state index in [0.29, 0.717) is 0 Å². The normalized spacial score (nSPS) is 11.9. The summed E-state index contributed by atoms with van der Waals surface area (Å²) in [5.74, 6) is -0.311. The second-order valence-corrected chi connectivity index (χ2v) is 6.55. The quantitative estimate of drug-likeness (QED) is 0.756. The zero-order valence-corrected chi connectivity index (χ0v) is 14.0. The predicted molar refractivity (Wildman–Crippen MR) is 84.5 cm³/mol. The average molecular weight is 405 g/mol. The molecule has 0 aliphatic heterocycles.